The molecule has 2 saturated carbocycles. The Balaban J connectivity index is 1.74. The number of hydrogen-bond acceptors (Lipinski definition) is 3. The molecular weight excluding hydrogens is 240 g/mol. The third-order valence-electron chi connectivity index (χ3n) is 3.82. The van der Waals surface area contributed by atoms with Crippen LogP contribution in [0.3, 0.4) is 0 Å². The summed E-state index contributed by atoms with van der Waals surface area (Å²) < 4.78 is 11.5. The number of rotatable bonds is 4. The zero-order valence-corrected chi connectivity index (χ0v) is 11.4. The van der Waals surface area contributed by atoms with Crippen LogP contribution in [-0.4, -0.2) is 12.1 Å². The third-order valence-corrected chi connectivity index (χ3v) is 3.82. The SMILES string of the molecule is Cc1ccc(OC2CCCC2)c(OC(=O)C2CC2)c1. The molecule has 0 amide bonds. The van der Waals surface area contributed by atoms with E-state index in [1.54, 1.807) is 0 Å². The van der Waals surface area contributed by atoms with Crippen LogP contribution in [0.2, 0.25) is 0 Å². The fourth-order valence-corrected chi connectivity index (χ4v) is 2.49. The molecule has 0 radical (unpaired) electrons. The Morgan fingerprint density at radius 1 is 1.11 bits per heavy atom. The number of ether oxygens (including phenoxy) is 2. The highest BCUT2D eigenvalue weighted by molar-refractivity contribution is 5.78. The number of hydrogen-bond donors (Lipinski definition) is 0. The van der Waals surface area contributed by atoms with Gasteiger partial charge in [-0.1, -0.05) is 6.07 Å². The van der Waals surface area contributed by atoms with E-state index in [9.17, 15) is 4.79 Å². The molecule has 2 aliphatic rings. The molecule has 0 saturated heterocycles. The van der Waals surface area contributed by atoms with Gasteiger partial charge in [-0.3, -0.25) is 4.79 Å². The topological polar surface area (TPSA) is 35.5 Å². The van der Waals surface area contributed by atoms with Crippen LogP contribution in [0, 0.1) is 12.8 Å². The Labute approximate surface area is 113 Å². The van der Waals surface area contributed by atoms with E-state index in [2.05, 4.69) is 0 Å². The first-order valence-electron chi connectivity index (χ1n) is 7.21. The third kappa shape index (κ3) is 3.09. The molecular formula is C16H20O3. The van der Waals surface area contributed by atoms with Gasteiger partial charge in [0.15, 0.2) is 11.5 Å². The number of carbonyl (C=O) groups is 1. The van der Waals surface area contributed by atoms with Crippen molar-refractivity contribution in [3.63, 3.8) is 0 Å². The Bertz CT molecular complexity index is 471. The maximum atomic E-state index is 11.8. The van der Waals surface area contributed by atoms with Gasteiger partial charge >= 0.3 is 5.97 Å². The first-order chi connectivity index (χ1) is 9.22. The minimum atomic E-state index is -0.109. The number of carbonyl (C=O) groups excluding carboxylic acids is 1. The maximum absolute atomic E-state index is 11.8. The van der Waals surface area contributed by atoms with Crippen LogP contribution in [0.5, 0.6) is 11.5 Å². The van der Waals surface area contributed by atoms with Gasteiger partial charge < -0.3 is 9.47 Å². The molecule has 2 aliphatic carbocycles. The highest BCUT2D eigenvalue weighted by Crippen LogP contribution is 2.36. The second kappa shape index (κ2) is 5.24. The van der Waals surface area contributed by atoms with Crippen molar-refractivity contribution < 1.29 is 14.3 Å². The van der Waals surface area contributed by atoms with Crippen molar-refractivity contribution in [1.29, 1.82) is 0 Å². The summed E-state index contributed by atoms with van der Waals surface area (Å²) in [6.45, 7) is 1.99. The number of benzene rings is 1. The van der Waals surface area contributed by atoms with Crippen LogP contribution in [0.4, 0.5) is 0 Å². The lowest BCUT2D eigenvalue weighted by Crippen LogP contribution is -2.14. The number of aryl methyl sites for hydroxylation is 1. The van der Waals surface area contributed by atoms with Crippen molar-refractivity contribution in [3.8, 4) is 11.5 Å². The van der Waals surface area contributed by atoms with Gasteiger partial charge in [-0.25, -0.2) is 0 Å². The largest absolute Gasteiger partial charge is 0.487 e. The summed E-state index contributed by atoms with van der Waals surface area (Å²) in [5, 5.41) is 0. The molecule has 0 N–H and O–H groups in total. The zero-order chi connectivity index (χ0) is 13.2. The van der Waals surface area contributed by atoms with E-state index in [1.807, 2.05) is 25.1 Å². The Hall–Kier alpha value is -1.51. The molecule has 0 unspecified atom stereocenters. The lowest BCUT2D eigenvalue weighted by Gasteiger charge is -2.16. The molecule has 0 aromatic heterocycles. The average molecular weight is 260 g/mol. The van der Waals surface area contributed by atoms with Crippen LogP contribution in [0.1, 0.15) is 44.1 Å². The van der Waals surface area contributed by atoms with E-state index in [-0.39, 0.29) is 18.0 Å². The predicted molar refractivity (Wildman–Crippen MR) is 72.4 cm³/mol. The summed E-state index contributed by atoms with van der Waals surface area (Å²) in [6, 6.07) is 5.81. The van der Waals surface area contributed by atoms with Gasteiger partial charge in [0.2, 0.25) is 0 Å². The molecule has 3 rings (SSSR count). The van der Waals surface area contributed by atoms with Crippen LogP contribution < -0.4 is 9.47 Å². The van der Waals surface area contributed by atoms with Crippen molar-refractivity contribution in [1.82, 2.24) is 0 Å². The normalized spacial score (nSPS) is 19.4. The minimum Gasteiger partial charge on any atom is -0.487 e. The van der Waals surface area contributed by atoms with E-state index < -0.39 is 0 Å². The molecule has 1 aromatic rings. The predicted octanol–water partition coefficient (Wildman–Crippen LogP) is 3.63. The van der Waals surface area contributed by atoms with E-state index >= 15 is 0 Å². The molecule has 0 heterocycles. The maximum Gasteiger partial charge on any atom is 0.314 e. The molecule has 102 valence electrons. The van der Waals surface area contributed by atoms with Crippen LogP contribution in [0.15, 0.2) is 18.2 Å². The molecule has 2 fully saturated rings. The summed E-state index contributed by atoms with van der Waals surface area (Å²) in [4.78, 5) is 11.8. The smallest absolute Gasteiger partial charge is 0.314 e. The minimum absolute atomic E-state index is 0.109. The molecule has 0 bridgehead atoms. The Morgan fingerprint density at radius 3 is 2.53 bits per heavy atom. The summed E-state index contributed by atoms with van der Waals surface area (Å²) in [5.74, 6) is 1.30. The summed E-state index contributed by atoms with van der Waals surface area (Å²) >= 11 is 0. The molecule has 0 atom stereocenters. The first kappa shape index (κ1) is 12.5. The van der Waals surface area contributed by atoms with Crippen molar-refractivity contribution in [2.75, 3.05) is 0 Å². The van der Waals surface area contributed by atoms with Crippen molar-refractivity contribution >= 4 is 5.97 Å². The molecule has 3 nitrogen and oxygen atoms in total. The fraction of sp³-hybridized carbons (Fsp3) is 0.562. The molecule has 19 heavy (non-hydrogen) atoms. The van der Waals surface area contributed by atoms with Gasteiger partial charge in [0.05, 0.1) is 12.0 Å². The van der Waals surface area contributed by atoms with Gasteiger partial charge in [-0.05, 0) is 63.1 Å². The van der Waals surface area contributed by atoms with E-state index in [1.165, 1.54) is 12.8 Å². The van der Waals surface area contributed by atoms with Crippen molar-refractivity contribution in [2.45, 2.75) is 51.6 Å². The van der Waals surface area contributed by atoms with Gasteiger partial charge in [0.1, 0.15) is 0 Å². The van der Waals surface area contributed by atoms with Crippen LogP contribution in [-0.2, 0) is 4.79 Å². The van der Waals surface area contributed by atoms with Crippen molar-refractivity contribution in [2.24, 2.45) is 5.92 Å². The van der Waals surface area contributed by atoms with Crippen molar-refractivity contribution in [3.05, 3.63) is 23.8 Å². The summed E-state index contributed by atoms with van der Waals surface area (Å²) in [6.07, 6.45) is 6.86. The molecule has 3 heteroatoms. The Kier molecular flexibility index (Phi) is 3.45. The number of esters is 1. The fourth-order valence-electron chi connectivity index (χ4n) is 2.49. The summed E-state index contributed by atoms with van der Waals surface area (Å²) in [7, 11) is 0. The Morgan fingerprint density at radius 2 is 1.84 bits per heavy atom. The summed E-state index contributed by atoms with van der Waals surface area (Å²) in [5.41, 5.74) is 1.08. The zero-order valence-electron chi connectivity index (χ0n) is 11.4. The van der Waals surface area contributed by atoms with Gasteiger partial charge in [0, 0.05) is 0 Å². The quantitative estimate of drug-likeness (QED) is 0.612. The molecule has 0 spiro atoms. The molecule has 1 aromatic carbocycles. The average Bonchev–Trinajstić information content (AvgIpc) is 3.12. The standard InChI is InChI=1S/C16H20O3/c1-11-6-9-14(18-13-4-2-3-5-13)15(10-11)19-16(17)12-7-8-12/h6,9-10,12-13H,2-5,7-8H2,1H3. The molecule has 0 aliphatic heterocycles. The van der Waals surface area contributed by atoms with Gasteiger partial charge in [-0.15, -0.1) is 0 Å². The second-order valence-corrected chi connectivity index (χ2v) is 5.67. The second-order valence-electron chi connectivity index (χ2n) is 5.67. The van der Waals surface area contributed by atoms with Crippen LogP contribution in [0.25, 0.3) is 0 Å². The van der Waals surface area contributed by atoms with E-state index in [0.29, 0.717) is 11.5 Å². The van der Waals surface area contributed by atoms with Crippen LogP contribution >= 0.6 is 0 Å². The van der Waals surface area contributed by atoms with E-state index in [0.717, 1.165) is 31.2 Å². The van der Waals surface area contributed by atoms with E-state index in [4.69, 9.17) is 9.47 Å². The van der Waals surface area contributed by atoms with Gasteiger partial charge in [0.25, 0.3) is 0 Å². The first-order valence-corrected chi connectivity index (χ1v) is 7.21. The lowest BCUT2D eigenvalue weighted by molar-refractivity contribution is -0.135. The lowest BCUT2D eigenvalue weighted by atomic mass is 10.2. The van der Waals surface area contributed by atoms with Gasteiger partial charge in [-0.2, -0.15) is 0 Å². The highest BCUT2D eigenvalue weighted by atomic mass is 16.6. The highest BCUT2D eigenvalue weighted by Gasteiger charge is 2.32. The monoisotopic (exact) mass is 260 g/mol.